The summed E-state index contributed by atoms with van der Waals surface area (Å²) in [6, 6.07) is 9.28. The third kappa shape index (κ3) is 1.71. The number of H-pyrrole nitrogens is 1. The molecule has 0 radical (unpaired) electrons. The van der Waals surface area contributed by atoms with Gasteiger partial charge in [-0.2, -0.15) is 5.10 Å². The van der Waals surface area contributed by atoms with Gasteiger partial charge in [-0.3, -0.25) is 4.79 Å². The highest BCUT2D eigenvalue weighted by molar-refractivity contribution is 6.33. The summed E-state index contributed by atoms with van der Waals surface area (Å²) in [6.07, 6.45) is 0. The minimum absolute atomic E-state index is 0.0242. The number of aromatic nitrogens is 2. The SMILES string of the molecule is Nc1c(-c2ccccc2)n[nH]c(=O)c1Cl. The Balaban J connectivity index is 2.65. The summed E-state index contributed by atoms with van der Waals surface area (Å²) in [7, 11) is 0. The van der Waals surface area contributed by atoms with Crippen molar-refractivity contribution in [3.63, 3.8) is 0 Å². The number of aromatic amines is 1. The molecule has 3 N–H and O–H groups in total. The highest BCUT2D eigenvalue weighted by Crippen LogP contribution is 2.25. The molecule has 0 atom stereocenters. The van der Waals surface area contributed by atoms with E-state index < -0.39 is 5.56 Å². The Bertz CT molecular complexity index is 536. The molecule has 4 nitrogen and oxygen atoms in total. The molecule has 2 aromatic rings. The minimum atomic E-state index is -0.478. The molecule has 0 spiro atoms. The molecule has 1 heterocycles. The summed E-state index contributed by atoms with van der Waals surface area (Å²) < 4.78 is 0. The van der Waals surface area contributed by atoms with E-state index in [1.807, 2.05) is 30.3 Å². The number of anilines is 1. The molecule has 2 rings (SSSR count). The standard InChI is InChI=1S/C10H8ClN3O/c11-7-8(12)9(13-14-10(7)15)6-4-2-1-3-5-6/h1-5H,(H3,12,14,15). The normalized spacial score (nSPS) is 10.2. The van der Waals surface area contributed by atoms with Gasteiger partial charge in [0.05, 0.1) is 5.69 Å². The van der Waals surface area contributed by atoms with Crippen LogP contribution >= 0.6 is 11.6 Å². The fraction of sp³-hybridized carbons (Fsp3) is 0. The zero-order valence-electron chi connectivity index (χ0n) is 7.70. The largest absolute Gasteiger partial charge is 0.396 e. The van der Waals surface area contributed by atoms with Gasteiger partial charge in [0.15, 0.2) is 0 Å². The van der Waals surface area contributed by atoms with Gasteiger partial charge < -0.3 is 5.73 Å². The van der Waals surface area contributed by atoms with Gasteiger partial charge in [0, 0.05) is 5.56 Å². The van der Waals surface area contributed by atoms with Gasteiger partial charge in [0.2, 0.25) is 0 Å². The highest BCUT2D eigenvalue weighted by atomic mass is 35.5. The lowest BCUT2D eigenvalue weighted by Crippen LogP contribution is -2.12. The van der Waals surface area contributed by atoms with Crippen molar-refractivity contribution in [3.05, 3.63) is 45.7 Å². The van der Waals surface area contributed by atoms with E-state index in [4.69, 9.17) is 17.3 Å². The summed E-state index contributed by atoms with van der Waals surface area (Å²) in [5.74, 6) is 0. The van der Waals surface area contributed by atoms with Crippen molar-refractivity contribution in [1.29, 1.82) is 0 Å². The Hall–Kier alpha value is -1.81. The monoisotopic (exact) mass is 221 g/mol. The lowest BCUT2D eigenvalue weighted by atomic mass is 10.1. The van der Waals surface area contributed by atoms with Gasteiger partial charge in [-0.25, -0.2) is 5.10 Å². The second-order valence-electron chi connectivity index (χ2n) is 3.00. The average molecular weight is 222 g/mol. The smallest absolute Gasteiger partial charge is 0.285 e. The first-order valence-electron chi connectivity index (χ1n) is 4.29. The Morgan fingerprint density at radius 2 is 1.93 bits per heavy atom. The van der Waals surface area contributed by atoms with Crippen LogP contribution in [0.1, 0.15) is 0 Å². The summed E-state index contributed by atoms with van der Waals surface area (Å²) in [5.41, 5.74) is 6.72. The average Bonchev–Trinajstić information content (AvgIpc) is 2.27. The maximum Gasteiger partial charge on any atom is 0.285 e. The first-order valence-corrected chi connectivity index (χ1v) is 4.67. The van der Waals surface area contributed by atoms with E-state index in [-0.39, 0.29) is 10.7 Å². The van der Waals surface area contributed by atoms with Crippen LogP contribution in [0.2, 0.25) is 5.02 Å². The van der Waals surface area contributed by atoms with Gasteiger partial charge in [-0.1, -0.05) is 41.9 Å². The molecule has 0 aliphatic rings. The van der Waals surface area contributed by atoms with Crippen LogP contribution in [0, 0.1) is 0 Å². The third-order valence-corrected chi connectivity index (χ3v) is 2.38. The fourth-order valence-corrected chi connectivity index (χ4v) is 1.39. The predicted octanol–water partition coefficient (Wildman–Crippen LogP) is 1.67. The van der Waals surface area contributed by atoms with Crippen molar-refractivity contribution in [2.24, 2.45) is 0 Å². The van der Waals surface area contributed by atoms with Crippen molar-refractivity contribution in [1.82, 2.24) is 10.2 Å². The molecule has 76 valence electrons. The van der Waals surface area contributed by atoms with Crippen LogP contribution in [-0.2, 0) is 0 Å². The number of nitrogen functional groups attached to an aromatic ring is 1. The zero-order chi connectivity index (χ0) is 10.8. The van der Waals surface area contributed by atoms with E-state index in [0.717, 1.165) is 5.56 Å². The maximum absolute atomic E-state index is 11.1. The van der Waals surface area contributed by atoms with Crippen LogP contribution in [-0.4, -0.2) is 10.2 Å². The Morgan fingerprint density at radius 3 is 2.60 bits per heavy atom. The molecule has 0 amide bonds. The molecule has 0 aliphatic carbocycles. The zero-order valence-corrected chi connectivity index (χ0v) is 8.45. The Labute approximate surface area is 90.7 Å². The van der Waals surface area contributed by atoms with Gasteiger partial charge in [-0.15, -0.1) is 0 Å². The molecule has 15 heavy (non-hydrogen) atoms. The number of rotatable bonds is 1. The topological polar surface area (TPSA) is 71.8 Å². The molecule has 0 fully saturated rings. The second-order valence-corrected chi connectivity index (χ2v) is 3.37. The number of hydrogen-bond donors (Lipinski definition) is 2. The van der Waals surface area contributed by atoms with E-state index in [1.54, 1.807) is 0 Å². The van der Waals surface area contributed by atoms with E-state index in [2.05, 4.69) is 10.2 Å². The molecular formula is C10H8ClN3O. The molecule has 5 heteroatoms. The lowest BCUT2D eigenvalue weighted by molar-refractivity contribution is 0.999. The third-order valence-electron chi connectivity index (χ3n) is 2.01. The first kappa shape index (κ1) is 9.73. The Kier molecular flexibility index (Phi) is 2.43. The van der Waals surface area contributed by atoms with Crippen LogP contribution in [0.3, 0.4) is 0 Å². The van der Waals surface area contributed by atoms with Crippen LogP contribution < -0.4 is 11.3 Å². The molecule has 0 saturated carbocycles. The van der Waals surface area contributed by atoms with E-state index in [1.165, 1.54) is 0 Å². The molecule has 0 bridgehead atoms. The first-order chi connectivity index (χ1) is 7.20. The second kappa shape index (κ2) is 3.74. The summed E-state index contributed by atoms with van der Waals surface area (Å²) in [5, 5.41) is 6.13. The molecule has 1 aromatic carbocycles. The van der Waals surface area contributed by atoms with Gasteiger partial charge >= 0.3 is 0 Å². The van der Waals surface area contributed by atoms with Crippen LogP contribution in [0.5, 0.6) is 0 Å². The lowest BCUT2D eigenvalue weighted by Gasteiger charge is -2.04. The Morgan fingerprint density at radius 1 is 1.27 bits per heavy atom. The van der Waals surface area contributed by atoms with E-state index >= 15 is 0 Å². The molecule has 0 unspecified atom stereocenters. The molecule has 1 aromatic heterocycles. The summed E-state index contributed by atoms with van der Waals surface area (Å²) >= 11 is 5.72. The fourth-order valence-electron chi connectivity index (χ4n) is 1.26. The van der Waals surface area contributed by atoms with Crippen LogP contribution in [0.15, 0.2) is 35.1 Å². The molecule has 0 saturated heterocycles. The van der Waals surface area contributed by atoms with Crippen LogP contribution in [0.25, 0.3) is 11.3 Å². The maximum atomic E-state index is 11.1. The molecular weight excluding hydrogens is 214 g/mol. The number of benzene rings is 1. The summed E-state index contributed by atoms with van der Waals surface area (Å²) in [4.78, 5) is 11.1. The van der Waals surface area contributed by atoms with Crippen molar-refractivity contribution in [2.75, 3.05) is 5.73 Å². The quantitative estimate of drug-likeness (QED) is 0.770. The van der Waals surface area contributed by atoms with Crippen molar-refractivity contribution >= 4 is 17.3 Å². The van der Waals surface area contributed by atoms with Crippen molar-refractivity contribution in [3.8, 4) is 11.3 Å². The number of nitrogens with two attached hydrogens (primary N) is 1. The van der Waals surface area contributed by atoms with E-state index in [9.17, 15) is 4.79 Å². The predicted molar refractivity (Wildman–Crippen MR) is 59.7 cm³/mol. The highest BCUT2D eigenvalue weighted by Gasteiger charge is 2.10. The van der Waals surface area contributed by atoms with Gasteiger partial charge in [0.1, 0.15) is 10.7 Å². The van der Waals surface area contributed by atoms with Gasteiger partial charge in [0.25, 0.3) is 5.56 Å². The number of hydrogen-bond acceptors (Lipinski definition) is 3. The number of halogens is 1. The molecule has 0 aliphatic heterocycles. The van der Waals surface area contributed by atoms with Crippen molar-refractivity contribution < 1.29 is 0 Å². The van der Waals surface area contributed by atoms with E-state index in [0.29, 0.717) is 5.69 Å². The van der Waals surface area contributed by atoms with Crippen LogP contribution in [0.4, 0.5) is 5.69 Å². The minimum Gasteiger partial charge on any atom is -0.396 e. The number of nitrogens with one attached hydrogen (secondary N) is 1. The van der Waals surface area contributed by atoms with Gasteiger partial charge in [-0.05, 0) is 0 Å². The van der Waals surface area contributed by atoms with Crippen molar-refractivity contribution in [2.45, 2.75) is 0 Å². The number of nitrogens with zero attached hydrogens (tertiary/aromatic N) is 1. The summed E-state index contributed by atoms with van der Waals surface area (Å²) in [6.45, 7) is 0.